The highest BCUT2D eigenvalue weighted by atomic mass is 79.9. The Hall–Kier alpha value is -2.74. The number of hydrogen-bond donors (Lipinski definition) is 2. The molecule has 0 bridgehead atoms. The van der Waals surface area contributed by atoms with Crippen molar-refractivity contribution in [3.63, 3.8) is 0 Å². The maximum absolute atomic E-state index is 13.7. The number of esters is 1. The van der Waals surface area contributed by atoms with E-state index in [0.717, 1.165) is 6.07 Å². The largest absolute Gasteiger partial charge is 0.449 e. The number of amides is 2. The number of carbonyl (C=O) groups is 3. The molecule has 0 radical (unpaired) electrons. The highest BCUT2D eigenvalue weighted by Crippen LogP contribution is 2.17. The SMILES string of the molecule is C[C@H](OC(=O)c1ccc(Br)cc1F)C(=O)Nc1ccc(C(N)=O)cc1. The first-order valence-electron chi connectivity index (χ1n) is 7.14. The van der Waals surface area contributed by atoms with Crippen molar-refractivity contribution in [2.24, 2.45) is 5.73 Å². The molecule has 0 heterocycles. The molecule has 0 saturated heterocycles. The first kappa shape index (κ1) is 18.6. The van der Waals surface area contributed by atoms with Gasteiger partial charge in [-0.2, -0.15) is 0 Å². The fourth-order valence-electron chi connectivity index (χ4n) is 1.89. The van der Waals surface area contributed by atoms with Crippen molar-refractivity contribution in [3.05, 3.63) is 63.9 Å². The minimum atomic E-state index is -1.15. The fourth-order valence-corrected chi connectivity index (χ4v) is 2.23. The highest BCUT2D eigenvalue weighted by Gasteiger charge is 2.21. The predicted octanol–water partition coefficient (Wildman–Crippen LogP) is 2.87. The number of primary amides is 1. The number of ether oxygens (including phenoxy) is 1. The number of anilines is 1. The summed E-state index contributed by atoms with van der Waals surface area (Å²) in [6.45, 7) is 1.36. The van der Waals surface area contributed by atoms with Gasteiger partial charge in [-0.05, 0) is 49.4 Å². The molecule has 0 spiro atoms. The molecule has 1 atom stereocenters. The summed E-state index contributed by atoms with van der Waals surface area (Å²) in [6, 6.07) is 9.75. The van der Waals surface area contributed by atoms with Gasteiger partial charge in [0.15, 0.2) is 6.10 Å². The molecule has 2 rings (SSSR count). The van der Waals surface area contributed by atoms with E-state index in [9.17, 15) is 18.8 Å². The van der Waals surface area contributed by atoms with Crippen molar-refractivity contribution in [3.8, 4) is 0 Å². The molecule has 0 aliphatic rings. The Morgan fingerprint density at radius 2 is 1.80 bits per heavy atom. The van der Waals surface area contributed by atoms with Gasteiger partial charge < -0.3 is 15.8 Å². The second kappa shape index (κ2) is 7.89. The zero-order valence-electron chi connectivity index (χ0n) is 13.1. The zero-order valence-corrected chi connectivity index (χ0v) is 14.7. The van der Waals surface area contributed by atoms with E-state index >= 15 is 0 Å². The van der Waals surface area contributed by atoms with Crippen LogP contribution in [0.15, 0.2) is 46.9 Å². The van der Waals surface area contributed by atoms with E-state index < -0.39 is 29.7 Å². The van der Waals surface area contributed by atoms with Crippen molar-refractivity contribution >= 4 is 39.4 Å². The van der Waals surface area contributed by atoms with E-state index in [1.807, 2.05) is 0 Å². The minimum absolute atomic E-state index is 0.270. The molecular weight excluding hydrogens is 395 g/mol. The average molecular weight is 409 g/mol. The molecule has 0 aliphatic heterocycles. The van der Waals surface area contributed by atoms with E-state index in [4.69, 9.17) is 10.5 Å². The lowest BCUT2D eigenvalue weighted by molar-refractivity contribution is -0.123. The molecule has 130 valence electrons. The topological polar surface area (TPSA) is 98.5 Å². The Kier molecular flexibility index (Phi) is 5.87. The number of nitrogens with one attached hydrogen (secondary N) is 1. The summed E-state index contributed by atoms with van der Waals surface area (Å²) in [5.74, 6) is -2.89. The molecule has 0 saturated carbocycles. The number of nitrogens with two attached hydrogens (primary N) is 1. The van der Waals surface area contributed by atoms with Crippen LogP contribution in [0.4, 0.5) is 10.1 Å². The number of benzene rings is 2. The molecule has 0 unspecified atom stereocenters. The van der Waals surface area contributed by atoms with E-state index in [2.05, 4.69) is 21.2 Å². The molecule has 2 aromatic rings. The van der Waals surface area contributed by atoms with Gasteiger partial charge in [-0.3, -0.25) is 9.59 Å². The van der Waals surface area contributed by atoms with Crippen molar-refractivity contribution in [1.29, 1.82) is 0 Å². The van der Waals surface area contributed by atoms with Crippen LogP contribution in [0.5, 0.6) is 0 Å². The Balaban J connectivity index is 1.99. The Bertz CT molecular complexity index is 824. The van der Waals surface area contributed by atoms with Gasteiger partial charge in [-0.15, -0.1) is 0 Å². The third-order valence-corrected chi connectivity index (χ3v) is 3.73. The normalized spacial score (nSPS) is 11.5. The number of rotatable bonds is 5. The summed E-state index contributed by atoms with van der Waals surface area (Å²) >= 11 is 3.09. The molecule has 0 aromatic heterocycles. The summed E-state index contributed by atoms with van der Waals surface area (Å²) in [7, 11) is 0. The molecule has 2 amide bonds. The summed E-state index contributed by atoms with van der Waals surface area (Å²) in [5.41, 5.74) is 5.55. The number of halogens is 2. The summed E-state index contributed by atoms with van der Waals surface area (Å²) in [5, 5.41) is 2.52. The van der Waals surface area contributed by atoms with Crippen LogP contribution < -0.4 is 11.1 Å². The average Bonchev–Trinajstić information content (AvgIpc) is 2.55. The number of hydrogen-bond acceptors (Lipinski definition) is 4. The quantitative estimate of drug-likeness (QED) is 0.742. The van der Waals surface area contributed by atoms with Gasteiger partial charge in [0.1, 0.15) is 5.82 Å². The van der Waals surface area contributed by atoms with Crippen molar-refractivity contribution in [2.45, 2.75) is 13.0 Å². The third-order valence-electron chi connectivity index (χ3n) is 3.24. The molecule has 0 aliphatic carbocycles. The van der Waals surface area contributed by atoms with Crippen molar-refractivity contribution in [2.75, 3.05) is 5.32 Å². The van der Waals surface area contributed by atoms with E-state index in [1.54, 1.807) is 0 Å². The molecular formula is C17H14BrFN2O4. The lowest BCUT2D eigenvalue weighted by Gasteiger charge is -2.14. The minimum Gasteiger partial charge on any atom is -0.449 e. The lowest BCUT2D eigenvalue weighted by Crippen LogP contribution is -2.30. The van der Waals surface area contributed by atoms with Gasteiger partial charge in [-0.25, -0.2) is 9.18 Å². The first-order chi connectivity index (χ1) is 11.8. The van der Waals surface area contributed by atoms with Gasteiger partial charge in [0.2, 0.25) is 5.91 Å². The van der Waals surface area contributed by atoms with Crippen LogP contribution in [-0.4, -0.2) is 23.9 Å². The van der Waals surface area contributed by atoms with Crippen LogP contribution in [0, 0.1) is 5.82 Å². The third kappa shape index (κ3) is 4.87. The Morgan fingerprint density at radius 1 is 1.16 bits per heavy atom. The van der Waals surface area contributed by atoms with E-state index in [1.165, 1.54) is 43.3 Å². The van der Waals surface area contributed by atoms with Crippen LogP contribution in [0.25, 0.3) is 0 Å². The van der Waals surface area contributed by atoms with Crippen LogP contribution >= 0.6 is 15.9 Å². The Labute approximate surface area is 151 Å². The molecule has 2 aromatic carbocycles. The van der Waals surface area contributed by atoms with Crippen LogP contribution in [-0.2, 0) is 9.53 Å². The van der Waals surface area contributed by atoms with Gasteiger partial charge >= 0.3 is 5.97 Å². The van der Waals surface area contributed by atoms with Gasteiger partial charge in [0, 0.05) is 15.7 Å². The zero-order chi connectivity index (χ0) is 18.6. The fraction of sp³-hybridized carbons (Fsp3) is 0.118. The summed E-state index contributed by atoms with van der Waals surface area (Å²) < 4.78 is 19.2. The molecule has 3 N–H and O–H groups in total. The lowest BCUT2D eigenvalue weighted by atomic mass is 10.2. The van der Waals surface area contributed by atoms with Crippen molar-refractivity contribution < 1.29 is 23.5 Å². The predicted molar refractivity (Wildman–Crippen MR) is 92.6 cm³/mol. The van der Waals surface area contributed by atoms with Crippen LogP contribution in [0.3, 0.4) is 0 Å². The molecule has 25 heavy (non-hydrogen) atoms. The summed E-state index contributed by atoms with van der Waals surface area (Å²) in [6.07, 6.45) is -1.15. The first-order valence-corrected chi connectivity index (χ1v) is 7.94. The number of carbonyl (C=O) groups excluding carboxylic acids is 3. The van der Waals surface area contributed by atoms with E-state index in [-0.39, 0.29) is 5.56 Å². The molecule has 0 fully saturated rings. The second-order valence-electron chi connectivity index (χ2n) is 5.10. The van der Waals surface area contributed by atoms with Gasteiger partial charge in [0.25, 0.3) is 5.91 Å². The van der Waals surface area contributed by atoms with Crippen molar-refractivity contribution in [1.82, 2.24) is 0 Å². The smallest absolute Gasteiger partial charge is 0.341 e. The molecule has 6 nitrogen and oxygen atoms in total. The monoisotopic (exact) mass is 408 g/mol. The standard InChI is InChI=1S/C17H14BrFN2O4/c1-9(25-17(24)13-7-4-11(18)8-14(13)19)16(23)21-12-5-2-10(3-6-12)15(20)22/h2-9H,1H3,(H2,20,22)(H,21,23)/t9-/m0/s1. The highest BCUT2D eigenvalue weighted by molar-refractivity contribution is 9.10. The van der Waals surface area contributed by atoms with Crippen LogP contribution in [0.1, 0.15) is 27.6 Å². The molecule has 8 heteroatoms. The van der Waals surface area contributed by atoms with Crippen LogP contribution in [0.2, 0.25) is 0 Å². The van der Waals surface area contributed by atoms with Gasteiger partial charge in [-0.1, -0.05) is 15.9 Å². The second-order valence-corrected chi connectivity index (χ2v) is 6.02. The maximum Gasteiger partial charge on any atom is 0.341 e. The maximum atomic E-state index is 13.7. The van der Waals surface area contributed by atoms with E-state index in [0.29, 0.717) is 15.7 Å². The van der Waals surface area contributed by atoms with Gasteiger partial charge in [0.05, 0.1) is 5.56 Å². The Morgan fingerprint density at radius 3 is 2.36 bits per heavy atom. The summed E-state index contributed by atoms with van der Waals surface area (Å²) in [4.78, 5) is 35.0.